The second-order valence-electron chi connectivity index (χ2n) is 4.45. The van der Waals surface area contributed by atoms with Gasteiger partial charge in [0.2, 0.25) is 0 Å². The molecule has 0 aliphatic carbocycles. The van der Waals surface area contributed by atoms with Crippen molar-refractivity contribution < 1.29 is 9.84 Å². The fraction of sp³-hybridized carbons (Fsp3) is 0.545. The molecular weight excluding hydrogens is 234 g/mol. The van der Waals surface area contributed by atoms with Gasteiger partial charge >= 0.3 is 0 Å². The maximum Gasteiger partial charge on any atom is 0.167 e. The summed E-state index contributed by atoms with van der Waals surface area (Å²) in [7, 11) is 0. The molecule has 3 N–H and O–H groups in total. The minimum absolute atomic E-state index is 0.0410. The first-order valence-corrected chi connectivity index (χ1v) is 5.92. The Bertz CT molecular complexity index is 582. The Hall–Kier alpha value is -1.73. The zero-order chi connectivity index (χ0) is 12.7. The minimum atomic E-state index is -0.138. The predicted octanol–water partition coefficient (Wildman–Crippen LogP) is 0.387. The van der Waals surface area contributed by atoms with Crippen LogP contribution in [0.15, 0.2) is 6.33 Å². The zero-order valence-electron chi connectivity index (χ0n) is 10.1. The molecule has 0 aromatic carbocycles. The van der Waals surface area contributed by atoms with Crippen molar-refractivity contribution in [2.75, 3.05) is 12.3 Å². The fourth-order valence-corrected chi connectivity index (χ4v) is 2.29. The van der Waals surface area contributed by atoms with E-state index in [1.54, 1.807) is 13.3 Å². The standard InChI is InChI=1S/C11H15N5O2/c1-6-14-10(12)9-11(15-6)16(5-13-9)8-3-2-7(4-17)18-8/h5,7-8,17H,2-4H2,1H3,(H2,12,14,15)/t7-,8+/m0/s1. The average Bonchev–Trinajstić information content (AvgIpc) is 2.93. The Kier molecular flexibility index (Phi) is 2.64. The van der Waals surface area contributed by atoms with Gasteiger partial charge in [0.15, 0.2) is 11.5 Å². The van der Waals surface area contributed by atoms with E-state index in [1.165, 1.54) is 0 Å². The van der Waals surface area contributed by atoms with E-state index in [0.29, 0.717) is 22.8 Å². The molecule has 0 amide bonds. The lowest BCUT2D eigenvalue weighted by molar-refractivity contribution is -0.0207. The van der Waals surface area contributed by atoms with E-state index in [-0.39, 0.29) is 18.9 Å². The van der Waals surface area contributed by atoms with Gasteiger partial charge in [0, 0.05) is 0 Å². The largest absolute Gasteiger partial charge is 0.394 e. The number of aliphatic hydroxyl groups excluding tert-OH is 1. The van der Waals surface area contributed by atoms with Crippen LogP contribution in [0.1, 0.15) is 24.9 Å². The summed E-state index contributed by atoms with van der Waals surface area (Å²) in [6.07, 6.45) is 3.09. The fourth-order valence-electron chi connectivity index (χ4n) is 2.29. The molecule has 3 rings (SSSR count). The van der Waals surface area contributed by atoms with Gasteiger partial charge in [-0.05, 0) is 19.8 Å². The lowest BCUT2D eigenvalue weighted by Crippen LogP contribution is -2.14. The third-order valence-electron chi connectivity index (χ3n) is 3.16. The molecule has 2 aromatic heterocycles. The number of nitrogens with two attached hydrogens (primary N) is 1. The van der Waals surface area contributed by atoms with Gasteiger partial charge in [0.25, 0.3) is 0 Å². The van der Waals surface area contributed by atoms with Crippen LogP contribution in [-0.2, 0) is 4.74 Å². The summed E-state index contributed by atoms with van der Waals surface area (Å²) in [5.41, 5.74) is 7.09. The summed E-state index contributed by atoms with van der Waals surface area (Å²) in [4.78, 5) is 12.7. The highest BCUT2D eigenvalue weighted by molar-refractivity contribution is 5.81. The highest BCUT2D eigenvalue weighted by atomic mass is 16.5. The van der Waals surface area contributed by atoms with Crippen molar-refractivity contribution >= 4 is 17.0 Å². The number of nitrogen functional groups attached to an aromatic ring is 1. The molecule has 3 heterocycles. The summed E-state index contributed by atoms with van der Waals surface area (Å²) >= 11 is 0. The number of nitrogens with zero attached hydrogens (tertiary/aromatic N) is 4. The van der Waals surface area contributed by atoms with Gasteiger partial charge in [-0.2, -0.15) is 0 Å². The van der Waals surface area contributed by atoms with E-state index in [1.807, 2.05) is 4.57 Å². The Morgan fingerprint density at radius 1 is 1.50 bits per heavy atom. The van der Waals surface area contributed by atoms with Gasteiger partial charge in [-0.15, -0.1) is 0 Å². The number of hydrogen-bond acceptors (Lipinski definition) is 6. The van der Waals surface area contributed by atoms with Crippen LogP contribution in [0, 0.1) is 6.92 Å². The van der Waals surface area contributed by atoms with Crippen molar-refractivity contribution in [3.63, 3.8) is 0 Å². The van der Waals surface area contributed by atoms with Crippen LogP contribution < -0.4 is 5.73 Å². The summed E-state index contributed by atoms with van der Waals surface area (Å²) in [6, 6.07) is 0. The highest BCUT2D eigenvalue weighted by Crippen LogP contribution is 2.30. The lowest BCUT2D eigenvalue weighted by atomic mass is 10.2. The molecule has 0 unspecified atom stereocenters. The second-order valence-corrected chi connectivity index (χ2v) is 4.45. The Morgan fingerprint density at radius 3 is 3.06 bits per heavy atom. The zero-order valence-corrected chi connectivity index (χ0v) is 10.1. The predicted molar refractivity (Wildman–Crippen MR) is 64.7 cm³/mol. The highest BCUT2D eigenvalue weighted by Gasteiger charge is 2.27. The van der Waals surface area contributed by atoms with Gasteiger partial charge in [-0.1, -0.05) is 0 Å². The third-order valence-corrected chi connectivity index (χ3v) is 3.16. The molecule has 0 spiro atoms. The molecule has 1 aliphatic rings. The molecule has 7 nitrogen and oxygen atoms in total. The number of anilines is 1. The monoisotopic (exact) mass is 249 g/mol. The van der Waals surface area contributed by atoms with Gasteiger partial charge in [0.05, 0.1) is 19.0 Å². The number of fused-ring (bicyclic) bond motifs is 1. The minimum Gasteiger partial charge on any atom is -0.394 e. The summed E-state index contributed by atoms with van der Waals surface area (Å²) in [5, 5.41) is 9.09. The molecular formula is C11H15N5O2. The second kappa shape index (κ2) is 4.18. The molecule has 96 valence electrons. The number of ether oxygens (including phenoxy) is 1. The number of aromatic nitrogens is 4. The molecule has 0 radical (unpaired) electrons. The number of aliphatic hydroxyl groups is 1. The first-order valence-electron chi connectivity index (χ1n) is 5.92. The van der Waals surface area contributed by atoms with E-state index < -0.39 is 0 Å². The molecule has 18 heavy (non-hydrogen) atoms. The molecule has 1 aliphatic heterocycles. The Labute approximate surface area is 104 Å². The van der Waals surface area contributed by atoms with Crippen molar-refractivity contribution in [2.24, 2.45) is 0 Å². The van der Waals surface area contributed by atoms with Crippen molar-refractivity contribution in [1.29, 1.82) is 0 Å². The van der Waals surface area contributed by atoms with Gasteiger partial charge in [-0.3, -0.25) is 4.57 Å². The van der Waals surface area contributed by atoms with Crippen molar-refractivity contribution in [1.82, 2.24) is 19.5 Å². The SMILES string of the molecule is Cc1nc(N)c2ncn([C@H]3CC[C@@H](CO)O3)c2n1. The first-order chi connectivity index (χ1) is 8.69. The van der Waals surface area contributed by atoms with Crippen LogP contribution in [-0.4, -0.2) is 37.3 Å². The molecule has 2 atom stereocenters. The van der Waals surface area contributed by atoms with E-state index >= 15 is 0 Å². The number of hydrogen-bond donors (Lipinski definition) is 2. The summed E-state index contributed by atoms with van der Waals surface area (Å²) < 4.78 is 7.57. The van der Waals surface area contributed by atoms with E-state index in [2.05, 4.69) is 15.0 Å². The van der Waals surface area contributed by atoms with Gasteiger partial charge < -0.3 is 15.6 Å². The van der Waals surface area contributed by atoms with E-state index in [9.17, 15) is 0 Å². The number of rotatable bonds is 2. The van der Waals surface area contributed by atoms with Crippen molar-refractivity contribution in [3.05, 3.63) is 12.2 Å². The quantitative estimate of drug-likeness (QED) is 0.798. The average molecular weight is 249 g/mol. The molecule has 2 aromatic rings. The summed E-state index contributed by atoms with van der Waals surface area (Å²) in [5.74, 6) is 0.992. The van der Waals surface area contributed by atoms with Crippen LogP contribution >= 0.6 is 0 Å². The van der Waals surface area contributed by atoms with Crippen LogP contribution in [0.5, 0.6) is 0 Å². The Morgan fingerprint density at radius 2 is 2.33 bits per heavy atom. The number of imidazole rings is 1. The molecule has 1 saturated heterocycles. The van der Waals surface area contributed by atoms with Crippen molar-refractivity contribution in [2.45, 2.75) is 32.1 Å². The van der Waals surface area contributed by atoms with E-state index in [4.69, 9.17) is 15.6 Å². The van der Waals surface area contributed by atoms with E-state index in [0.717, 1.165) is 12.8 Å². The maximum atomic E-state index is 9.09. The third kappa shape index (κ3) is 1.72. The lowest BCUT2D eigenvalue weighted by Gasteiger charge is -2.13. The van der Waals surface area contributed by atoms with Crippen LogP contribution in [0.4, 0.5) is 5.82 Å². The maximum absolute atomic E-state index is 9.09. The number of aryl methyl sites for hydroxylation is 1. The topological polar surface area (TPSA) is 99.1 Å². The molecule has 0 saturated carbocycles. The van der Waals surface area contributed by atoms with Gasteiger partial charge in [-0.25, -0.2) is 15.0 Å². The van der Waals surface area contributed by atoms with Gasteiger partial charge in [0.1, 0.15) is 17.6 Å². The van der Waals surface area contributed by atoms with Crippen LogP contribution in [0.2, 0.25) is 0 Å². The van der Waals surface area contributed by atoms with Crippen LogP contribution in [0.25, 0.3) is 11.2 Å². The molecule has 1 fully saturated rings. The molecule has 7 heteroatoms. The molecule has 0 bridgehead atoms. The first kappa shape index (κ1) is 11.4. The smallest absolute Gasteiger partial charge is 0.167 e. The van der Waals surface area contributed by atoms with Crippen molar-refractivity contribution in [3.8, 4) is 0 Å². The summed E-state index contributed by atoms with van der Waals surface area (Å²) in [6.45, 7) is 1.83. The normalized spacial score (nSPS) is 23.9. The Balaban J connectivity index is 2.03. The van der Waals surface area contributed by atoms with Crippen LogP contribution in [0.3, 0.4) is 0 Å².